The average molecular weight is 646 g/mol. The van der Waals surface area contributed by atoms with Crippen molar-refractivity contribution < 1.29 is 22.7 Å². The summed E-state index contributed by atoms with van der Waals surface area (Å²) in [6, 6.07) is 6.20. The van der Waals surface area contributed by atoms with Gasteiger partial charge in [-0.2, -0.15) is 5.10 Å². The van der Waals surface area contributed by atoms with Gasteiger partial charge in [-0.15, -0.1) is 0 Å². The van der Waals surface area contributed by atoms with Crippen molar-refractivity contribution in [2.24, 2.45) is 0 Å². The number of ether oxygens (including phenoxy) is 1. The second kappa shape index (κ2) is 12.4. The normalized spacial score (nSPS) is 18.4. The Labute approximate surface area is 263 Å². The maximum Gasteiger partial charge on any atom is 0.407 e. The van der Waals surface area contributed by atoms with Crippen LogP contribution in [0.5, 0.6) is 0 Å². The fourth-order valence-corrected chi connectivity index (χ4v) is 6.58. The lowest BCUT2D eigenvalue weighted by Crippen LogP contribution is -2.46. The number of likely N-dealkylation sites (tertiary alicyclic amines) is 1. The number of anilines is 2. The van der Waals surface area contributed by atoms with Crippen LogP contribution in [0, 0.1) is 6.92 Å². The Morgan fingerprint density at radius 2 is 1.80 bits per heavy atom. The van der Waals surface area contributed by atoms with E-state index in [0.717, 1.165) is 68.5 Å². The summed E-state index contributed by atoms with van der Waals surface area (Å²) in [5, 5.41) is 8.14. The van der Waals surface area contributed by atoms with Crippen molar-refractivity contribution in [1.82, 2.24) is 24.8 Å². The number of aryl methyl sites for hydroxylation is 1. The van der Waals surface area contributed by atoms with Gasteiger partial charge in [0, 0.05) is 48.5 Å². The molecule has 2 aliphatic heterocycles. The van der Waals surface area contributed by atoms with Crippen molar-refractivity contribution in [2.75, 3.05) is 35.5 Å². The van der Waals surface area contributed by atoms with E-state index in [1.807, 2.05) is 40.0 Å². The standard InChI is InChI=1S/C30H40ClN7O5S/c1-19-18-38-26(33-27(19)36-14-11-21(12-15-36)32-29(40)43-30(2,3)4)17-24(34-38)25-8-6-7-13-37(25)28(39)22-16-20(31)9-10-23(22)35-44(5,41)42/h9-10,16-18,21,25,35H,6-8,11-15H2,1-5H3,(H,32,40). The topological polar surface area (TPSA) is 138 Å². The lowest BCUT2D eigenvalue weighted by molar-refractivity contribution is 0.0496. The fourth-order valence-electron chi connectivity index (χ4n) is 5.83. The van der Waals surface area contributed by atoms with E-state index in [0.29, 0.717) is 17.2 Å². The minimum Gasteiger partial charge on any atom is -0.444 e. The molecule has 1 unspecified atom stereocenters. The SMILES string of the molecule is Cc1cn2nc(C3CCCCN3C(=O)c3cc(Cl)ccc3NS(C)(=O)=O)cc2nc1N1CCC(NC(=O)OC(C)(C)C)CC1. The van der Waals surface area contributed by atoms with Gasteiger partial charge in [-0.25, -0.2) is 22.7 Å². The van der Waals surface area contributed by atoms with E-state index < -0.39 is 21.7 Å². The number of nitrogens with one attached hydrogen (secondary N) is 2. The third-order valence-electron chi connectivity index (χ3n) is 7.75. The molecule has 2 N–H and O–H groups in total. The van der Waals surface area contributed by atoms with Gasteiger partial charge in [-0.1, -0.05) is 11.6 Å². The summed E-state index contributed by atoms with van der Waals surface area (Å²) in [5.74, 6) is 0.555. The zero-order valence-electron chi connectivity index (χ0n) is 25.8. The van der Waals surface area contributed by atoms with E-state index in [1.165, 1.54) is 12.1 Å². The average Bonchev–Trinajstić information content (AvgIpc) is 3.34. The molecule has 2 aromatic heterocycles. The van der Waals surface area contributed by atoms with Crippen molar-refractivity contribution >= 4 is 50.8 Å². The molecule has 2 fully saturated rings. The molecular weight excluding hydrogens is 606 g/mol. The van der Waals surface area contributed by atoms with Gasteiger partial charge in [0.25, 0.3) is 5.91 Å². The zero-order chi connectivity index (χ0) is 31.8. The van der Waals surface area contributed by atoms with Gasteiger partial charge in [0.2, 0.25) is 10.0 Å². The second-order valence-electron chi connectivity index (χ2n) is 12.6. The monoisotopic (exact) mass is 645 g/mol. The second-order valence-corrected chi connectivity index (χ2v) is 14.8. The highest BCUT2D eigenvalue weighted by Crippen LogP contribution is 2.34. The van der Waals surface area contributed by atoms with Crippen molar-refractivity contribution in [2.45, 2.75) is 77.5 Å². The lowest BCUT2D eigenvalue weighted by atomic mass is 9.98. The third-order valence-corrected chi connectivity index (χ3v) is 8.58. The largest absolute Gasteiger partial charge is 0.444 e. The van der Waals surface area contributed by atoms with Crippen LogP contribution in [0.15, 0.2) is 30.5 Å². The van der Waals surface area contributed by atoms with Crippen LogP contribution >= 0.6 is 11.6 Å². The van der Waals surface area contributed by atoms with E-state index >= 15 is 0 Å². The molecule has 2 aliphatic rings. The smallest absolute Gasteiger partial charge is 0.407 e. The minimum absolute atomic E-state index is 0.0363. The number of sulfonamides is 1. The maximum absolute atomic E-state index is 13.9. The Bertz CT molecular complexity index is 1660. The summed E-state index contributed by atoms with van der Waals surface area (Å²) in [4.78, 5) is 35.0. The predicted molar refractivity (Wildman–Crippen MR) is 170 cm³/mol. The molecule has 12 nitrogen and oxygen atoms in total. The number of alkyl carbamates (subject to hydrolysis) is 1. The molecule has 1 aromatic carbocycles. The van der Waals surface area contributed by atoms with Crippen molar-refractivity contribution in [3.05, 3.63) is 52.3 Å². The minimum atomic E-state index is -3.61. The number of hydrogen-bond acceptors (Lipinski definition) is 8. The van der Waals surface area contributed by atoms with E-state index in [2.05, 4.69) is 14.9 Å². The summed E-state index contributed by atoms with van der Waals surface area (Å²) in [6.07, 6.45) is 6.61. The van der Waals surface area contributed by atoms with Gasteiger partial charge in [-0.3, -0.25) is 9.52 Å². The van der Waals surface area contributed by atoms with Crippen molar-refractivity contribution in [3.63, 3.8) is 0 Å². The van der Waals surface area contributed by atoms with Crippen LogP contribution in [-0.4, -0.2) is 77.4 Å². The molecule has 4 heterocycles. The number of benzene rings is 1. The highest BCUT2D eigenvalue weighted by Gasteiger charge is 2.33. The van der Waals surface area contributed by atoms with Gasteiger partial charge in [0.15, 0.2) is 5.65 Å². The number of carbonyl (C=O) groups is 2. The number of halogens is 1. The molecule has 44 heavy (non-hydrogen) atoms. The first-order valence-electron chi connectivity index (χ1n) is 14.9. The molecular formula is C30H40ClN7O5S. The first-order chi connectivity index (χ1) is 20.7. The van der Waals surface area contributed by atoms with Gasteiger partial charge in [0.05, 0.1) is 29.2 Å². The van der Waals surface area contributed by atoms with Gasteiger partial charge >= 0.3 is 6.09 Å². The van der Waals surface area contributed by atoms with Crippen molar-refractivity contribution in [3.8, 4) is 0 Å². The van der Waals surface area contributed by atoms with Crippen LogP contribution in [-0.2, 0) is 14.8 Å². The number of rotatable bonds is 6. The molecule has 5 rings (SSSR count). The van der Waals surface area contributed by atoms with Gasteiger partial charge < -0.3 is 19.9 Å². The molecule has 0 saturated carbocycles. The summed E-state index contributed by atoms with van der Waals surface area (Å²) in [5.41, 5.74) is 2.21. The first-order valence-corrected chi connectivity index (χ1v) is 17.1. The molecule has 238 valence electrons. The Morgan fingerprint density at radius 1 is 1.07 bits per heavy atom. The highest BCUT2D eigenvalue weighted by atomic mass is 35.5. The quantitative estimate of drug-likeness (QED) is 0.385. The van der Waals surface area contributed by atoms with E-state index in [9.17, 15) is 18.0 Å². The number of hydrogen-bond donors (Lipinski definition) is 2. The molecule has 0 bridgehead atoms. The highest BCUT2D eigenvalue weighted by molar-refractivity contribution is 7.92. The lowest BCUT2D eigenvalue weighted by Gasteiger charge is -2.35. The van der Waals surface area contributed by atoms with Gasteiger partial charge in [0.1, 0.15) is 11.4 Å². The van der Waals surface area contributed by atoms with Crippen LogP contribution in [0.25, 0.3) is 5.65 Å². The Hall–Kier alpha value is -3.58. The molecule has 3 aromatic rings. The van der Waals surface area contributed by atoms with E-state index in [1.54, 1.807) is 15.5 Å². The molecule has 14 heteroatoms. The first kappa shape index (κ1) is 31.8. The number of fused-ring (bicyclic) bond motifs is 1. The number of piperidine rings is 2. The molecule has 0 radical (unpaired) electrons. The summed E-state index contributed by atoms with van der Waals surface area (Å²) in [6.45, 7) is 9.52. The van der Waals surface area contributed by atoms with Crippen molar-refractivity contribution in [1.29, 1.82) is 0 Å². The Kier molecular flexibility index (Phi) is 8.99. The Morgan fingerprint density at radius 3 is 2.48 bits per heavy atom. The van der Waals surface area contributed by atoms with Gasteiger partial charge in [-0.05, 0) is 78.0 Å². The summed E-state index contributed by atoms with van der Waals surface area (Å²) < 4.78 is 33.6. The van der Waals surface area contributed by atoms with Crippen LogP contribution < -0.4 is 14.9 Å². The summed E-state index contributed by atoms with van der Waals surface area (Å²) >= 11 is 6.22. The molecule has 1 atom stereocenters. The molecule has 0 aliphatic carbocycles. The number of aromatic nitrogens is 3. The number of amides is 2. The van der Waals surface area contributed by atoms with Crippen LogP contribution in [0.3, 0.4) is 0 Å². The molecule has 0 spiro atoms. The van der Waals surface area contributed by atoms with Crippen LogP contribution in [0.4, 0.5) is 16.3 Å². The number of nitrogens with zero attached hydrogens (tertiary/aromatic N) is 5. The van der Waals surface area contributed by atoms with Crippen LogP contribution in [0.2, 0.25) is 5.02 Å². The van der Waals surface area contributed by atoms with Crippen LogP contribution in [0.1, 0.15) is 80.5 Å². The van der Waals surface area contributed by atoms with E-state index in [4.69, 9.17) is 26.4 Å². The van der Waals surface area contributed by atoms with E-state index in [-0.39, 0.29) is 29.2 Å². The zero-order valence-corrected chi connectivity index (χ0v) is 27.3. The number of carbonyl (C=O) groups excluding carboxylic acids is 2. The predicted octanol–water partition coefficient (Wildman–Crippen LogP) is 4.92. The third kappa shape index (κ3) is 7.55. The maximum atomic E-state index is 13.9. The molecule has 2 saturated heterocycles. The Balaban J connectivity index is 1.34. The molecule has 2 amide bonds. The fraction of sp³-hybridized carbons (Fsp3) is 0.533. The summed E-state index contributed by atoms with van der Waals surface area (Å²) in [7, 11) is -3.61.